The van der Waals surface area contributed by atoms with Gasteiger partial charge in [0.15, 0.2) is 4.32 Å². The number of thiocarbonyl (C=S) groups is 1. The summed E-state index contributed by atoms with van der Waals surface area (Å²) < 4.78 is 0.188. The highest BCUT2D eigenvalue weighted by atomic mass is 35.5. The Labute approximate surface area is 166 Å². The predicted octanol–water partition coefficient (Wildman–Crippen LogP) is 4.56. The van der Waals surface area contributed by atoms with E-state index >= 15 is 0 Å². The lowest BCUT2D eigenvalue weighted by molar-refractivity contribution is -0.385. The van der Waals surface area contributed by atoms with Gasteiger partial charge in [0.1, 0.15) is 0 Å². The number of amides is 1. The lowest BCUT2D eigenvalue weighted by Crippen LogP contribution is -2.27. The zero-order valence-electron chi connectivity index (χ0n) is 13.2. The van der Waals surface area contributed by atoms with Gasteiger partial charge >= 0.3 is 0 Å². The van der Waals surface area contributed by atoms with E-state index in [4.69, 9.17) is 23.8 Å². The van der Waals surface area contributed by atoms with Crippen molar-refractivity contribution in [3.05, 3.63) is 78.2 Å². The number of halogens is 1. The topological polar surface area (TPSA) is 107 Å². The fraction of sp³-hybridized carbons (Fsp3) is 0. The van der Waals surface area contributed by atoms with Gasteiger partial charge in [-0.25, -0.2) is 0 Å². The molecule has 0 unspecified atom stereocenters. The maximum Gasteiger partial charge on any atom is 0.271 e. The van der Waals surface area contributed by atoms with Crippen LogP contribution in [0.15, 0.2) is 47.4 Å². The molecule has 8 nitrogen and oxygen atoms in total. The average Bonchev–Trinajstić information content (AvgIpc) is 2.90. The number of thioether (sulfide) groups is 1. The molecule has 0 saturated carbocycles. The molecular formula is C16H8ClN3O5S2. The van der Waals surface area contributed by atoms with Gasteiger partial charge in [-0.05, 0) is 18.2 Å². The first-order chi connectivity index (χ1) is 12.8. The van der Waals surface area contributed by atoms with Crippen LogP contribution in [-0.4, -0.2) is 20.1 Å². The Morgan fingerprint density at radius 2 is 1.74 bits per heavy atom. The lowest BCUT2D eigenvalue weighted by atomic mass is 10.2. The molecule has 1 fully saturated rings. The molecule has 0 N–H and O–H groups in total. The molecule has 0 aromatic heterocycles. The van der Waals surface area contributed by atoms with Crippen molar-refractivity contribution in [2.24, 2.45) is 0 Å². The molecule has 1 heterocycles. The third kappa shape index (κ3) is 3.82. The van der Waals surface area contributed by atoms with Crippen molar-refractivity contribution >= 4 is 68.9 Å². The molecule has 0 spiro atoms. The van der Waals surface area contributed by atoms with Crippen molar-refractivity contribution in [2.75, 3.05) is 4.90 Å². The van der Waals surface area contributed by atoms with E-state index in [0.29, 0.717) is 5.56 Å². The van der Waals surface area contributed by atoms with Gasteiger partial charge < -0.3 is 0 Å². The molecule has 11 heteroatoms. The van der Waals surface area contributed by atoms with E-state index in [0.717, 1.165) is 11.8 Å². The zero-order valence-corrected chi connectivity index (χ0v) is 15.6. The highest BCUT2D eigenvalue weighted by Gasteiger charge is 2.34. The molecule has 3 rings (SSSR count). The van der Waals surface area contributed by atoms with E-state index in [1.165, 1.54) is 53.4 Å². The molecule has 27 heavy (non-hydrogen) atoms. The molecule has 1 aliphatic heterocycles. The summed E-state index contributed by atoms with van der Waals surface area (Å²) >= 11 is 12.3. The van der Waals surface area contributed by atoms with E-state index in [2.05, 4.69) is 0 Å². The van der Waals surface area contributed by atoms with Gasteiger partial charge in [-0.15, -0.1) is 0 Å². The first-order valence-electron chi connectivity index (χ1n) is 7.24. The minimum Gasteiger partial charge on any atom is -0.268 e. The first-order valence-corrected chi connectivity index (χ1v) is 8.84. The SMILES string of the molecule is O=C1/C(=C\c2cc([N+](=O)[O-])ccc2Cl)SC(=S)N1c1cccc([N+](=O)[O-])c1. The van der Waals surface area contributed by atoms with Gasteiger partial charge in [0.05, 0.1) is 20.4 Å². The zero-order chi connectivity index (χ0) is 19.7. The van der Waals surface area contributed by atoms with Crippen LogP contribution < -0.4 is 4.90 Å². The van der Waals surface area contributed by atoms with Gasteiger partial charge in [0.2, 0.25) is 0 Å². The third-order valence-electron chi connectivity index (χ3n) is 3.57. The molecule has 136 valence electrons. The first kappa shape index (κ1) is 19.0. The Balaban J connectivity index is 1.98. The van der Waals surface area contributed by atoms with E-state index in [1.54, 1.807) is 0 Å². The number of rotatable bonds is 4. The normalized spacial score (nSPS) is 15.4. The maximum absolute atomic E-state index is 12.7. The van der Waals surface area contributed by atoms with Crippen LogP contribution in [0, 0.1) is 20.2 Å². The molecule has 0 atom stereocenters. The average molecular weight is 422 g/mol. The van der Waals surface area contributed by atoms with Crippen LogP contribution in [0.1, 0.15) is 5.56 Å². The van der Waals surface area contributed by atoms with Crippen LogP contribution in [0.4, 0.5) is 17.1 Å². The molecule has 0 radical (unpaired) electrons. The van der Waals surface area contributed by atoms with Gasteiger partial charge in [0.25, 0.3) is 17.3 Å². The second-order valence-corrected chi connectivity index (χ2v) is 7.34. The largest absolute Gasteiger partial charge is 0.271 e. The molecule has 1 aliphatic rings. The predicted molar refractivity (Wildman–Crippen MR) is 107 cm³/mol. The summed E-state index contributed by atoms with van der Waals surface area (Å²) in [5, 5.41) is 22.1. The Hall–Kier alpha value is -2.82. The summed E-state index contributed by atoms with van der Waals surface area (Å²) in [5.74, 6) is -0.493. The van der Waals surface area contributed by atoms with Gasteiger partial charge in [-0.2, -0.15) is 0 Å². The highest BCUT2D eigenvalue weighted by molar-refractivity contribution is 8.27. The maximum atomic E-state index is 12.7. The molecule has 0 bridgehead atoms. The Morgan fingerprint density at radius 3 is 2.41 bits per heavy atom. The summed E-state index contributed by atoms with van der Waals surface area (Å²) in [6.45, 7) is 0. The van der Waals surface area contributed by atoms with Crippen molar-refractivity contribution in [1.29, 1.82) is 0 Å². The van der Waals surface area contributed by atoms with Crippen molar-refractivity contribution in [2.45, 2.75) is 0 Å². The number of benzene rings is 2. The number of nitro groups is 2. The number of nitrogens with zero attached hydrogens (tertiary/aromatic N) is 3. The van der Waals surface area contributed by atoms with Crippen molar-refractivity contribution < 1.29 is 14.6 Å². The molecule has 2 aromatic rings. The van der Waals surface area contributed by atoms with Crippen molar-refractivity contribution in [3.63, 3.8) is 0 Å². The fourth-order valence-corrected chi connectivity index (χ4v) is 3.79. The number of carbonyl (C=O) groups excluding carboxylic acids is 1. The summed E-state index contributed by atoms with van der Waals surface area (Å²) in [7, 11) is 0. The van der Waals surface area contributed by atoms with Crippen LogP contribution in [0.25, 0.3) is 6.08 Å². The Kier molecular flexibility index (Phi) is 5.22. The van der Waals surface area contributed by atoms with Crippen LogP contribution in [0.2, 0.25) is 5.02 Å². The standard InChI is InChI=1S/C16H8ClN3O5S2/c17-13-5-4-12(20(24)25)6-9(13)7-14-15(21)18(16(26)27-14)10-2-1-3-11(8-10)19(22)23/h1-8H/b14-7+. The number of anilines is 1. The third-order valence-corrected chi connectivity index (χ3v) is 5.22. The van der Waals surface area contributed by atoms with Crippen LogP contribution in [0.5, 0.6) is 0 Å². The summed E-state index contributed by atoms with van der Waals surface area (Å²) in [4.78, 5) is 34.8. The van der Waals surface area contributed by atoms with Crippen molar-refractivity contribution in [1.82, 2.24) is 0 Å². The summed E-state index contributed by atoms with van der Waals surface area (Å²) in [6, 6.07) is 9.41. The molecule has 1 amide bonds. The van der Waals surface area contributed by atoms with E-state index < -0.39 is 15.8 Å². The number of hydrogen-bond acceptors (Lipinski definition) is 7. The second kappa shape index (κ2) is 7.43. The lowest BCUT2D eigenvalue weighted by Gasteiger charge is -2.13. The number of carbonyl (C=O) groups is 1. The molecule has 1 saturated heterocycles. The van der Waals surface area contributed by atoms with Crippen LogP contribution in [0.3, 0.4) is 0 Å². The Bertz CT molecular complexity index is 1040. The van der Waals surface area contributed by atoms with Crippen LogP contribution >= 0.6 is 35.6 Å². The fourth-order valence-electron chi connectivity index (χ4n) is 2.33. The molecule has 0 aliphatic carbocycles. The quantitative estimate of drug-likeness (QED) is 0.308. The minimum atomic E-state index is -0.570. The molecular weight excluding hydrogens is 414 g/mol. The highest BCUT2D eigenvalue weighted by Crippen LogP contribution is 2.38. The second-order valence-electron chi connectivity index (χ2n) is 5.26. The monoisotopic (exact) mass is 421 g/mol. The summed E-state index contributed by atoms with van der Waals surface area (Å²) in [5.41, 5.74) is 0.220. The van der Waals surface area contributed by atoms with Crippen molar-refractivity contribution in [3.8, 4) is 0 Å². The van der Waals surface area contributed by atoms with Gasteiger partial charge in [-0.3, -0.25) is 29.9 Å². The van der Waals surface area contributed by atoms with E-state index in [9.17, 15) is 25.0 Å². The number of nitro benzene ring substituents is 2. The number of hydrogen-bond donors (Lipinski definition) is 0. The van der Waals surface area contributed by atoms with Crippen LogP contribution in [-0.2, 0) is 4.79 Å². The van der Waals surface area contributed by atoms with Gasteiger partial charge in [0, 0.05) is 34.9 Å². The number of non-ortho nitro benzene ring substituents is 2. The minimum absolute atomic E-state index is 0.167. The summed E-state index contributed by atoms with van der Waals surface area (Å²) in [6.07, 6.45) is 1.41. The van der Waals surface area contributed by atoms with Gasteiger partial charge in [-0.1, -0.05) is 41.6 Å². The molecule has 2 aromatic carbocycles. The van der Waals surface area contributed by atoms with E-state index in [1.807, 2.05) is 0 Å². The smallest absolute Gasteiger partial charge is 0.268 e. The van der Waals surface area contributed by atoms with E-state index in [-0.39, 0.29) is 31.3 Å². The Morgan fingerprint density at radius 1 is 1.07 bits per heavy atom.